The highest BCUT2D eigenvalue weighted by atomic mass is 32.1. The predicted octanol–water partition coefficient (Wildman–Crippen LogP) is 3.94. The number of nitriles is 1. The third-order valence-electron chi connectivity index (χ3n) is 3.64. The maximum Gasteiger partial charge on any atom is 0.214 e. The number of nitrogens with zero attached hydrogens (tertiary/aromatic N) is 4. The van der Waals surface area contributed by atoms with Crippen molar-refractivity contribution < 1.29 is 0 Å². The molecule has 24 heavy (non-hydrogen) atoms. The van der Waals surface area contributed by atoms with Gasteiger partial charge in [-0.1, -0.05) is 53.8 Å². The topological polar surface area (TPSA) is 66.0 Å². The van der Waals surface area contributed by atoms with E-state index in [9.17, 15) is 0 Å². The fraction of sp³-hybridized carbons (Fsp3) is 0.0556. The highest BCUT2D eigenvalue weighted by Crippen LogP contribution is 2.25. The van der Waals surface area contributed by atoms with Gasteiger partial charge in [0.1, 0.15) is 0 Å². The van der Waals surface area contributed by atoms with Gasteiger partial charge in [-0.25, -0.2) is 9.50 Å². The van der Waals surface area contributed by atoms with E-state index < -0.39 is 0 Å². The summed E-state index contributed by atoms with van der Waals surface area (Å²) in [6, 6.07) is 19.7. The average Bonchev–Trinajstić information content (AvgIpc) is 3.19. The van der Waals surface area contributed by atoms with Crippen LogP contribution in [0.4, 0.5) is 5.13 Å². The lowest BCUT2D eigenvalue weighted by Crippen LogP contribution is -1.99. The molecule has 0 amide bonds. The molecule has 2 aromatic carbocycles. The second-order valence-corrected chi connectivity index (χ2v) is 6.24. The molecule has 0 spiro atoms. The summed E-state index contributed by atoms with van der Waals surface area (Å²) < 4.78 is 1.78. The van der Waals surface area contributed by atoms with Crippen molar-refractivity contribution in [2.24, 2.45) is 0 Å². The molecule has 0 atom stereocenters. The lowest BCUT2D eigenvalue weighted by Gasteiger charge is -2.01. The van der Waals surface area contributed by atoms with Gasteiger partial charge in [-0.2, -0.15) is 5.26 Å². The number of imidazole rings is 1. The van der Waals surface area contributed by atoms with Crippen molar-refractivity contribution >= 4 is 21.4 Å². The third kappa shape index (κ3) is 2.85. The van der Waals surface area contributed by atoms with Crippen molar-refractivity contribution in [1.29, 1.82) is 5.26 Å². The molecule has 4 aromatic rings. The molecule has 0 fully saturated rings. The first-order chi connectivity index (χ1) is 11.8. The summed E-state index contributed by atoms with van der Waals surface area (Å²) in [6.07, 6.45) is 1.90. The molecule has 0 saturated heterocycles. The summed E-state index contributed by atoms with van der Waals surface area (Å²) in [6.45, 7) is 0.736. The molecular weight excluding hydrogens is 318 g/mol. The third-order valence-corrected chi connectivity index (χ3v) is 4.52. The molecule has 0 radical (unpaired) electrons. The zero-order valence-corrected chi connectivity index (χ0v) is 13.5. The Bertz CT molecular complexity index is 978. The quantitative estimate of drug-likeness (QED) is 0.615. The van der Waals surface area contributed by atoms with Gasteiger partial charge >= 0.3 is 0 Å². The largest absolute Gasteiger partial charge is 0.356 e. The summed E-state index contributed by atoms with van der Waals surface area (Å²) >= 11 is 1.52. The molecule has 0 unspecified atom stereocenters. The summed E-state index contributed by atoms with van der Waals surface area (Å²) in [4.78, 5) is 5.45. The minimum absolute atomic E-state index is 0.644. The molecule has 5 nitrogen and oxygen atoms in total. The zero-order chi connectivity index (χ0) is 16.4. The number of hydrogen-bond donors (Lipinski definition) is 1. The molecule has 1 N–H and O–H groups in total. The first kappa shape index (κ1) is 14.4. The van der Waals surface area contributed by atoms with Crippen LogP contribution in [0, 0.1) is 11.3 Å². The number of hydrogen-bond acceptors (Lipinski definition) is 5. The van der Waals surface area contributed by atoms with E-state index in [1.54, 1.807) is 16.6 Å². The lowest BCUT2D eigenvalue weighted by atomic mass is 10.1. The van der Waals surface area contributed by atoms with Gasteiger partial charge in [-0.05, 0) is 17.7 Å². The van der Waals surface area contributed by atoms with Crippen LogP contribution in [0.1, 0.15) is 11.1 Å². The number of benzene rings is 2. The van der Waals surface area contributed by atoms with Crippen LogP contribution in [0.5, 0.6) is 0 Å². The predicted molar refractivity (Wildman–Crippen MR) is 94.8 cm³/mol. The van der Waals surface area contributed by atoms with E-state index in [4.69, 9.17) is 5.26 Å². The van der Waals surface area contributed by atoms with Crippen LogP contribution in [0.3, 0.4) is 0 Å². The average molecular weight is 331 g/mol. The number of anilines is 1. The zero-order valence-electron chi connectivity index (χ0n) is 12.7. The van der Waals surface area contributed by atoms with E-state index >= 15 is 0 Å². The van der Waals surface area contributed by atoms with Gasteiger partial charge in [0.05, 0.1) is 23.5 Å². The Morgan fingerprint density at radius 1 is 1.08 bits per heavy atom. The van der Waals surface area contributed by atoms with Crippen molar-refractivity contribution in [3.8, 4) is 17.3 Å². The molecule has 116 valence electrons. The van der Waals surface area contributed by atoms with Crippen LogP contribution < -0.4 is 5.32 Å². The first-order valence-electron chi connectivity index (χ1n) is 7.46. The minimum atomic E-state index is 0.644. The molecule has 2 aromatic heterocycles. The summed E-state index contributed by atoms with van der Waals surface area (Å²) in [5, 5.41) is 17.5. The minimum Gasteiger partial charge on any atom is -0.356 e. The normalized spacial score (nSPS) is 10.6. The summed E-state index contributed by atoms with van der Waals surface area (Å²) in [5.41, 5.74) is 3.69. The summed E-state index contributed by atoms with van der Waals surface area (Å²) in [5.74, 6) is 0. The monoisotopic (exact) mass is 331 g/mol. The molecule has 6 heteroatoms. The van der Waals surface area contributed by atoms with Gasteiger partial charge in [-0.15, -0.1) is 5.10 Å². The van der Waals surface area contributed by atoms with Crippen LogP contribution in [0.25, 0.3) is 16.2 Å². The molecule has 0 aliphatic rings. The molecular formula is C18H13N5S. The lowest BCUT2D eigenvalue weighted by molar-refractivity contribution is 0.962. The highest BCUT2D eigenvalue weighted by molar-refractivity contribution is 7.20. The van der Waals surface area contributed by atoms with Crippen LogP contribution in [-0.2, 0) is 6.54 Å². The first-order valence-corrected chi connectivity index (χ1v) is 8.28. The van der Waals surface area contributed by atoms with E-state index in [2.05, 4.69) is 33.6 Å². The van der Waals surface area contributed by atoms with Crippen LogP contribution >= 0.6 is 11.3 Å². The van der Waals surface area contributed by atoms with Crippen molar-refractivity contribution in [2.45, 2.75) is 6.54 Å². The maximum atomic E-state index is 8.86. The molecule has 0 aliphatic carbocycles. The van der Waals surface area contributed by atoms with E-state index in [-0.39, 0.29) is 0 Å². The van der Waals surface area contributed by atoms with Gasteiger partial charge in [-0.3, -0.25) is 0 Å². The smallest absolute Gasteiger partial charge is 0.214 e. The van der Waals surface area contributed by atoms with E-state index in [1.807, 2.05) is 36.5 Å². The second kappa shape index (κ2) is 6.14. The van der Waals surface area contributed by atoms with Gasteiger partial charge in [0.25, 0.3) is 0 Å². The number of rotatable bonds is 4. The SMILES string of the molecule is N#Cc1ccc(-c2cn3nc(NCc4ccccc4)sc3n2)cc1. The van der Waals surface area contributed by atoms with E-state index in [0.29, 0.717) is 5.56 Å². The maximum absolute atomic E-state index is 8.86. The Labute approximate surface area is 142 Å². The highest BCUT2D eigenvalue weighted by Gasteiger charge is 2.09. The van der Waals surface area contributed by atoms with Gasteiger partial charge < -0.3 is 5.32 Å². The van der Waals surface area contributed by atoms with E-state index in [0.717, 1.165) is 27.9 Å². The fourth-order valence-electron chi connectivity index (χ4n) is 2.40. The molecule has 4 rings (SSSR count). The number of fused-ring (bicyclic) bond motifs is 1. The Hall–Kier alpha value is -3.17. The molecule has 0 saturated carbocycles. The van der Waals surface area contributed by atoms with Crippen LogP contribution in [0.2, 0.25) is 0 Å². The molecule has 0 bridgehead atoms. The van der Waals surface area contributed by atoms with Crippen LogP contribution in [0.15, 0.2) is 60.8 Å². The van der Waals surface area contributed by atoms with Gasteiger partial charge in [0.2, 0.25) is 10.1 Å². The Morgan fingerprint density at radius 2 is 1.88 bits per heavy atom. The van der Waals surface area contributed by atoms with Crippen molar-refractivity contribution in [3.05, 3.63) is 71.9 Å². The Morgan fingerprint density at radius 3 is 2.58 bits per heavy atom. The number of nitrogens with one attached hydrogen (secondary N) is 1. The number of aromatic nitrogens is 3. The Kier molecular flexibility index (Phi) is 3.69. The second-order valence-electron chi connectivity index (χ2n) is 5.29. The van der Waals surface area contributed by atoms with E-state index in [1.165, 1.54) is 16.9 Å². The molecule has 0 aliphatic heterocycles. The molecule has 2 heterocycles. The van der Waals surface area contributed by atoms with Crippen molar-refractivity contribution in [3.63, 3.8) is 0 Å². The standard InChI is InChI=1S/C18H13N5S/c19-10-13-6-8-15(9-7-13)16-12-23-18(21-16)24-17(22-23)20-11-14-4-2-1-3-5-14/h1-9,12H,11H2,(H,20,22). The van der Waals surface area contributed by atoms with Crippen LogP contribution in [-0.4, -0.2) is 14.6 Å². The van der Waals surface area contributed by atoms with Crippen molar-refractivity contribution in [2.75, 3.05) is 5.32 Å². The fourth-order valence-corrected chi connectivity index (χ4v) is 3.18. The van der Waals surface area contributed by atoms with Gasteiger partial charge in [0.15, 0.2) is 0 Å². The Balaban J connectivity index is 1.53. The van der Waals surface area contributed by atoms with Crippen molar-refractivity contribution in [1.82, 2.24) is 14.6 Å². The van der Waals surface area contributed by atoms with Gasteiger partial charge in [0, 0.05) is 12.1 Å². The summed E-state index contributed by atoms with van der Waals surface area (Å²) in [7, 11) is 0.